The third-order valence-corrected chi connectivity index (χ3v) is 9.61. The molecule has 1 fully saturated rings. The van der Waals surface area contributed by atoms with Crippen LogP contribution in [0.4, 0.5) is 10.8 Å². The summed E-state index contributed by atoms with van der Waals surface area (Å²) < 4.78 is 55.0. The van der Waals surface area contributed by atoms with Gasteiger partial charge in [0.1, 0.15) is 0 Å². The number of aromatic nitrogens is 1. The van der Waals surface area contributed by atoms with E-state index >= 15 is 0 Å². The number of anilines is 2. The molecule has 4 rings (SSSR count). The molecule has 0 unspecified atom stereocenters. The minimum absolute atomic E-state index is 0.0185. The molecule has 0 radical (unpaired) electrons. The van der Waals surface area contributed by atoms with Gasteiger partial charge in [0.05, 0.1) is 32.0 Å². The van der Waals surface area contributed by atoms with E-state index in [4.69, 9.17) is 0 Å². The van der Waals surface area contributed by atoms with Gasteiger partial charge < -0.3 is 0 Å². The summed E-state index contributed by atoms with van der Waals surface area (Å²) in [4.78, 5) is 16.9. The van der Waals surface area contributed by atoms with E-state index in [1.165, 1.54) is 29.5 Å². The highest BCUT2D eigenvalue weighted by molar-refractivity contribution is 7.94. The maximum atomic E-state index is 13.0. The number of hydrogen-bond donors (Lipinski definition) is 1. The SMILES string of the molecule is Cc1ccc2nc(NS(=O)(=O)c3ccc(N4C(=O)C(C)(C)CS4(=O)=O)cc3C)sc2c1. The first-order valence-electron chi connectivity index (χ1n) is 9.38. The van der Waals surface area contributed by atoms with Crippen LogP contribution in [0, 0.1) is 19.3 Å². The molecule has 1 N–H and O–H groups in total. The number of benzene rings is 2. The average molecular weight is 480 g/mol. The highest BCUT2D eigenvalue weighted by atomic mass is 32.2. The van der Waals surface area contributed by atoms with E-state index in [9.17, 15) is 21.6 Å². The maximum Gasteiger partial charge on any atom is 0.263 e. The van der Waals surface area contributed by atoms with Crippen molar-refractivity contribution in [1.82, 2.24) is 4.98 Å². The summed E-state index contributed by atoms with van der Waals surface area (Å²) in [5.74, 6) is -0.832. The van der Waals surface area contributed by atoms with Crippen LogP contribution in [0.3, 0.4) is 0 Å². The third-order valence-electron chi connectivity index (χ3n) is 5.03. The summed E-state index contributed by atoms with van der Waals surface area (Å²) in [5, 5.41) is 0.239. The molecule has 0 saturated carbocycles. The molecule has 1 amide bonds. The lowest BCUT2D eigenvalue weighted by Gasteiger charge is -2.19. The number of hydrogen-bond acceptors (Lipinski definition) is 7. The van der Waals surface area contributed by atoms with E-state index in [1.54, 1.807) is 20.8 Å². The second kappa shape index (κ2) is 7.01. The Balaban J connectivity index is 1.67. The van der Waals surface area contributed by atoms with Crippen molar-refractivity contribution in [3.8, 4) is 0 Å². The quantitative estimate of drug-likeness (QED) is 0.613. The van der Waals surface area contributed by atoms with Crippen molar-refractivity contribution in [2.75, 3.05) is 14.8 Å². The average Bonchev–Trinajstić information content (AvgIpc) is 3.07. The van der Waals surface area contributed by atoms with E-state index in [1.807, 2.05) is 25.1 Å². The van der Waals surface area contributed by atoms with E-state index in [0.717, 1.165) is 14.6 Å². The predicted molar refractivity (Wildman–Crippen MR) is 121 cm³/mol. The van der Waals surface area contributed by atoms with Crippen LogP contribution in [0.5, 0.6) is 0 Å². The fourth-order valence-corrected chi connectivity index (χ4v) is 8.09. The number of nitrogens with zero attached hydrogens (tertiary/aromatic N) is 2. The number of rotatable bonds is 4. The Kier molecular flexibility index (Phi) is 4.91. The normalized spacial score (nSPS) is 17.9. The van der Waals surface area contributed by atoms with Crippen LogP contribution < -0.4 is 9.03 Å². The van der Waals surface area contributed by atoms with Gasteiger partial charge in [-0.05, 0) is 69.2 Å². The molecule has 3 aromatic rings. The fraction of sp³-hybridized carbons (Fsp3) is 0.300. The summed E-state index contributed by atoms with van der Waals surface area (Å²) in [7, 11) is -7.78. The zero-order chi connectivity index (χ0) is 22.8. The van der Waals surface area contributed by atoms with Gasteiger partial charge >= 0.3 is 0 Å². The molecule has 2 aromatic carbocycles. The van der Waals surface area contributed by atoms with Crippen molar-refractivity contribution in [2.24, 2.45) is 5.41 Å². The first kappa shape index (κ1) is 21.7. The van der Waals surface area contributed by atoms with Crippen molar-refractivity contribution < 1.29 is 21.6 Å². The Labute approximate surface area is 185 Å². The maximum absolute atomic E-state index is 13.0. The minimum atomic E-state index is -3.96. The topological polar surface area (TPSA) is 114 Å². The number of thiazole rings is 1. The second-order valence-electron chi connectivity index (χ2n) is 8.26. The summed E-state index contributed by atoms with van der Waals surface area (Å²) in [6.07, 6.45) is 0. The van der Waals surface area contributed by atoms with Crippen molar-refractivity contribution in [2.45, 2.75) is 32.6 Å². The second-order valence-corrected chi connectivity index (χ2v) is 12.8. The lowest BCUT2D eigenvalue weighted by Crippen LogP contribution is -2.33. The number of fused-ring (bicyclic) bond motifs is 1. The third kappa shape index (κ3) is 3.81. The number of carbonyl (C=O) groups is 1. The molecule has 2 heterocycles. The van der Waals surface area contributed by atoms with Gasteiger partial charge in [0, 0.05) is 0 Å². The molecule has 1 aliphatic heterocycles. The fourth-order valence-electron chi connectivity index (χ4n) is 3.57. The van der Waals surface area contributed by atoms with Crippen molar-refractivity contribution in [1.29, 1.82) is 0 Å². The number of aryl methyl sites for hydroxylation is 2. The number of nitrogens with one attached hydrogen (secondary N) is 1. The zero-order valence-electron chi connectivity index (χ0n) is 17.3. The number of carbonyl (C=O) groups excluding carboxylic acids is 1. The number of sulfonamides is 2. The minimum Gasteiger partial charge on any atom is -0.273 e. The molecule has 0 spiro atoms. The van der Waals surface area contributed by atoms with Crippen molar-refractivity contribution in [3.63, 3.8) is 0 Å². The van der Waals surface area contributed by atoms with Crippen molar-refractivity contribution in [3.05, 3.63) is 47.5 Å². The zero-order valence-corrected chi connectivity index (χ0v) is 19.8. The van der Waals surface area contributed by atoms with Crippen LogP contribution in [0.15, 0.2) is 41.3 Å². The molecule has 0 aliphatic carbocycles. The molecule has 8 nitrogen and oxygen atoms in total. The van der Waals surface area contributed by atoms with Gasteiger partial charge in [-0.1, -0.05) is 17.4 Å². The molecular formula is C20H21N3O5S3. The molecule has 1 aromatic heterocycles. The summed E-state index contributed by atoms with van der Waals surface area (Å²) in [6.45, 7) is 6.64. The van der Waals surface area contributed by atoms with Gasteiger partial charge in [-0.25, -0.2) is 26.1 Å². The van der Waals surface area contributed by atoms with Crippen molar-refractivity contribution >= 4 is 58.3 Å². The molecule has 0 bridgehead atoms. The Hall–Kier alpha value is -2.50. The Bertz CT molecular complexity index is 1440. The number of amides is 1. The summed E-state index contributed by atoms with van der Waals surface area (Å²) in [5.41, 5.74) is 1.15. The Morgan fingerprint density at radius 3 is 2.45 bits per heavy atom. The van der Waals surface area contributed by atoms with Gasteiger partial charge in [-0.3, -0.25) is 9.52 Å². The highest BCUT2D eigenvalue weighted by Gasteiger charge is 2.50. The van der Waals surface area contributed by atoms with Crippen LogP contribution >= 0.6 is 11.3 Å². The Morgan fingerprint density at radius 2 is 1.84 bits per heavy atom. The Morgan fingerprint density at radius 1 is 1.13 bits per heavy atom. The van der Waals surface area contributed by atoms with Crippen LogP contribution in [0.2, 0.25) is 0 Å². The van der Waals surface area contributed by atoms with Crippen LogP contribution in [0.25, 0.3) is 10.2 Å². The van der Waals surface area contributed by atoms with Gasteiger partial charge in [0.25, 0.3) is 10.0 Å². The molecule has 11 heteroatoms. The molecule has 31 heavy (non-hydrogen) atoms. The lowest BCUT2D eigenvalue weighted by atomic mass is 9.95. The van der Waals surface area contributed by atoms with Crippen LogP contribution in [0.1, 0.15) is 25.0 Å². The van der Waals surface area contributed by atoms with E-state index in [2.05, 4.69) is 9.71 Å². The van der Waals surface area contributed by atoms with Gasteiger partial charge in [0.15, 0.2) is 5.13 Å². The van der Waals surface area contributed by atoms with E-state index in [-0.39, 0.29) is 21.5 Å². The molecule has 164 valence electrons. The molecule has 1 aliphatic rings. The predicted octanol–water partition coefficient (Wildman–Crippen LogP) is 3.42. The van der Waals surface area contributed by atoms with E-state index < -0.39 is 31.4 Å². The summed E-state index contributed by atoms with van der Waals surface area (Å²) in [6, 6.07) is 9.69. The first-order valence-corrected chi connectivity index (χ1v) is 13.3. The standard InChI is InChI=1S/C20H21N3O5S3/c1-12-5-7-15-16(9-12)29-19(21-15)22-31(27,28)17-8-6-14(10-13(17)2)23-18(24)20(3,4)11-30(23,25)26/h5-10H,11H2,1-4H3,(H,21,22). The van der Waals surface area contributed by atoms with Gasteiger partial charge in [0.2, 0.25) is 15.9 Å². The van der Waals surface area contributed by atoms with E-state index in [0.29, 0.717) is 11.1 Å². The monoisotopic (exact) mass is 479 g/mol. The smallest absolute Gasteiger partial charge is 0.263 e. The first-order chi connectivity index (χ1) is 14.3. The van der Waals surface area contributed by atoms with Gasteiger partial charge in [-0.15, -0.1) is 0 Å². The molecule has 1 saturated heterocycles. The largest absolute Gasteiger partial charge is 0.273 e. The molecular weight excluding hydrogens is 458 g/mol. The summed E-state index contributed by atoms with van der Waals surface area (Å²) >= 11 is 1.23. The van der Waals surface area contributed by atoms with Gasteiger partial charge in [-0.2, -0.15) is 0 Å². The van der Waals surface area contributed by atoms with Crippen LogP contribution in [-0.2, 0) is 24.8 Å². The lowest BCUT2D eigenvalue weighted by molar-refractivity contribution is -0.123. The highest BCUT2D eigenvalue weighted by Crippen LogP contribution is 2.37. The molecule has 0 atom stereocenters. The van der Waals surface area contributed by atoms with Crippen LogP contribution in [-0.4, -0.2) is 33.5 Å².